The Morgan fingerprint density at radius 2 is 1.93 bits per heavy atom. The Kier molecular flexibility index (Phi) is 6.16. The summed E-state index contributed by atoms with van der Waals surface area (Å²) in [5.41, 5.74) is 1.66. The summed E-state index contributed by atoms with van der Waals surface area (Å²) < 4.78 is 1.83. The fraction of sp³-hybridized carbons (Fsp3) is 0.600. The van der Waals surface area contributed by atoms with Crippen LogP contribution in [0.5, 0.6) is 0 Å². The summed E-state index contributed by atoms with van der Waals surface area (Å²) in [6.45, 7) is 9.97. The highest BCUT2D eigenvalue weighted by molar-refractivity contribution is 5.92. The number of rotatable bonds is 5. The molecule has 28 heavy (non-hydrogen) atoms. The summed E-state index contributed by atoms with van der Waals surface area (Å²) in [5, 5.41) is 4.59. The minimum Gasteiger partial charge on any atom is -0.363 e. The quantitative estimate of drug-likeness (QED) is 0.786. The van der Waals surface area contributed by atoms with Crippen molar-refractivity contribution in [1.29, 1.82) is 0 Å². The highest BCUT2D eigenvalue weighted by Crippen LogP contribution is 2.20. The van der Waals surface area contributed by atoms with Gasteiger partial charge in [-0.2, -0.15) is 5.10 Å². The molecule has 3 heterocycles. The first-order chi connectivity index (χ1) is 13.4. The summed E-state index contributed by atoms with van der Waals surface area (Å²) in [6, 6.07) is 3.95. The molecule has 0 aliphatic carbocycles. The van der Waals surface area contributed by atoms with Gasteiger partial charge in [0.2, 0.25) is 0 Å². The normalized spacial score (nSPS) is 15.1. The molecule has 0 bridgehead atoms. The van der Waals surface area contributed by atoms with Gasteiger partial charge in [0, 0.05) is 52.9 Å². The number of carbonyl (C=O) groups excluding carboxylic acids is 1. The fourth-order valence-electron chi connectivity index (χ4n) is 3.40. The predicted octanol–water partition coefficient (Wildman–Crippen LogP) is 2.23. The van der Waals surface area contributed by atoms with Crippen molar-refractivity contribution < 1.29 is 4.79 Å². The van der Waals surface area contributed by atoms with E-state index in [1.54, 1.807) is 6.33 Å². The van der Waals surface area contributed by atoms with Crippen LogP contribution < -0.4 is 9.80 Å². The van der Waals surface area contributed by atoms with Gasteiger partial charge in [0.1, 0.15) is 23.7 Å². The third kappa shape index (κ3) is 4.26. The lowest BCUT2D eigenvalue weighted by molar-refractivity contribution is 0.0754. The lowest BCUT2D eigenvalue weighted by atomic mass is 10.1. The molecule has 0 aromatic carbocycles. The molecule has 0 saturated carbocycles. The number of hydrogen-bond donors (Lipinski definition) is 0. The van der Waals surface area contributed by atoms with Gasteiger partial charge in [-0.05, 0) is 25.3 Å². The third-order valence-corrected chi connectivity index (χ3v) is 5.11. The molecule has 0 unspecified atom stereocenters. The Bertz CT molecular complexity index is 815. The summed E-state index contributed by atoms with van der Waals surface area (Å²) in [4.78, 5) is 28.0. The number of hydrogen-bond acceptors (Lipinski definition) is 6. The molecular weight excluding hydrogens is 354 g/mol. The summed E-state index contributed by atoms with van der Waals surface area (Å²) in [7, 11) is 3.94. The molecule has 1 aliphatic rings. The van der Waals surface area contributed by atoms with E-state index < -0.39 is 0 Å². The topological polar surface area (TPSA) is 70.4 Å². The molecule has 152 valence electrons. The van der Waals surface area contributed by atoms with Gasteiger partial charge in [0.25, 0.3) is 5.91 Å². The summed E-state index contributed by atoms with van der Waals surface area (Å²) in [5.74, 6) is 2.17. The molecule has 2 aromatic rings. The van der Waals surface area contributed by atoms with Crippen molar-refractivity contribution in [1.82, 2.24) is 24.6 Å². The molecule has 1 fully saturated rings. The SMILES string of the molecule is CCn1nc(C(C)C)cc1C(=O)N1CCCN(c2cc(N(C)C)ncn2)CC1. The molecule has 1 amide bonds. The molecule has 0 atom stereocenters. The van der Waals surface area contributed by atoms with Crippen molar-refractivity contribution in [2.75, 3.05) is 50.1 Å². The van der Waals surface area contributed by atoms with Gasteiger partial charge >= 0.3 is 0 Å². The van der Waals surface area contributed by atoms with E-state index in [2.05, 4.69) is 33.8 Å². The number of aromatic nitrogens is 4. The van der Waals surface area contributed by atoms with Gasteiger partial charge in [0.15, 0.2) is 0 Å². The number of nitrogens with zero attached hydrogens (tertiary/aromatic N) is 7. The van der Waals surface area contributed by atoms with E-state index in [0.717, 1.165) is 43.4 Å². The zero-order valence-electron chi connectivity index (χ0n) is 17.6. The zero-order chi connectivity index (χ0) is 20.3. The second-order valence-electron chi connectivity index (χ2n) is 7.69. The largest absolute Gasteiger partial charge is 0.363 e. The van der Waals surface area contributed by atoms with Crippen LogP contribution in [-0.2, 0) is 6.54 Å². The summed E-state index contributed by atoms with van der Waals surface area (Å²) in [6.07, 6.45) is 2.51. The lowest BCUT2D eigenvalue weighted by Gasteiger charge is -2.23. The smallest absolute Gasteiger partial charge is 0.272 e. The van der Waals surface area contributed by atoms with Crippen molar-refractivity contribution in [3.8, 4) is 0 Å². The van der Waals surface area contributed by atoms with Gasteiger partial charge in [0.05, 0.1) is 5.69 Å². The molecule has 0 N–H and O–H groups in total. The standard InChI is InChI=1S/C20H31N7O/c1-6-27-17(12-16(23-27)15(2)3)20(28)26-9-7-8-25(10-11-26)19-13-18(24(4)5)21-14-22-19/h12-15H,6-11H2,1-5H3. The van der Waals surface area contributed by atoms with Crippen LogP contribution in [-0.4, -0.2) is 70.8 Å². The monoisotopic (exact) mass is 385 g/mol. The first kappa shape index (κ1) is 20.1. The molecular formula is C20H31N7O. The second-order valence-corrected chi connectivity index (χ2v) is 7.69. The minimum absolute atomic E-state index is 0.0692. The molecule has 0 spiro atoms. The van der Waals surface area contributed by atoms with Crippen molar-refractivity contribution in [3.63, 3.8) is 0 Å². The zero-order valence-corrected chi connectivity index (χ0v) is 17.6. The van der Waals surface area contributed by atoms with Gasteiger partial charge in [-0.3, -0.25) is 9.48 Å². The van der Waals surface area contributed by atoms with Crippen LogP contribution in [0.4, 0.5) is 11.6 Å². The van der Waals surface area contributed by atoms with Crippen LogP contribution in [0.15, 0.2) is 18.5 Å². The molecule has 1 aliphatic heterocycles. The fourth-order valence-corrected chi connectivity index (χ4v) is 3.40. The second kappa shape index (κ2) is 8.58. The van der Waals surface area contributed by atoms with Crippen molar-refractivity contribution in [2.45, 2.75) is 39.7 Å². The maximum absolute atomic E-state index is 13.2. The van der Waals surface area contributed by atoms with E-state index in [4.69, 9.17) is 0 Å². The van der Waals surface area contributed by atoms with Gasteiger partial charge in [-0.15, -0.1) is 0 Å². The van der Waals surface area contributed by atoms with Crippen LogP contribution in [0.2, 0.25) is 0 Å². The van der Waals surface area contributed by atoms with Crippen LogP contribution in [0, 0.1) is 0 Å². The van der Waals surface area contributed by atoms with Crippen LogP contribution >= 0.6 is 0 Å². The molecule has 8 heteroatoms. The van der Waals surface area contributed by atoms with Gasteiger partial charge in [-0.25, -0.2) is 9.97 Å². The number of carbonyl (C=O) groups is 1. The Morgan fingerprint density at radius 3 is 2.61 bits per heavy atom. The van der Waals surface area contributed by atoms with Gasteiger partial charge in [-0.1, -0.05) is 13.8 Å². The molecule has 3 rings (SSSR count). The van der Waals surface area contributed by atoms with E-state index in [0.29, 0.717) is 24.7 Å². The Labute approximate surface area is 167 Å². The first-order valence-electron chi connectivity index (χ1n) is 10.0. The maximum atomic E-state index is 13.2. The number of aryl methyl sites for hydroxylation is 1. The first-order valence-corrected chi connectivity index (χ1v) is 10.0. The van der Waals surface area contributed by atoms with Crippen molar-refractivity contribution in [3.05, 3.63) is 29.8 Å². The third-order valence-electron chi connectivity index (χ3n) is 5.11. The highest BCUT2D eigenvalue weighted by Gasteiger charge is 2.24. The van der Waals surface area contributed by atoms with E-state index >= 15 is 0 Å². The van der Waals surface area contributed by atoms with E-state index in [-0.39, 0.29) is 5.91 Å². The predicted molar refractivity (Wildman–Crippen MR) is 111 cm³/mol. The minimum atomic E-state index is 0.0692. The molecule has 1 saturated heterocycles. The maximum Gasteiger partial charge on any atom is 0.272 e. The van der Waals surface area contributed by atoms with Gasteiger partial charge < -0.3 is 14.7 Å². The van der Waals surface area contributed by atoms with E-state index in [1.807, 2.05) is 47.6 Å². The van der Waals surface area contributed by atoms with Crippen LogP contribution in [0.1, 0.15) is 49.3 Å². The number of anilines is 2. The highest BCUT2D eigenvalue weighted by atomic mass is 16.2. The van der Waals surface area contributed by atoms with Crippen LogP contribution in [0.3, 0.4) is 0 Å². The average molecular weight is 386 g/mol. The van der Waals surface area contributed by atoms with Crippen LogP contribution in [0.25, 0.3) is 0 Å². The van der Waals surface area contributed by atoms with E-state index in [9.17, 15) is 4.79 Å². The van der Waals surface area contributed by atoms with E-state index in [1.165, 1.54) is 0 Å². The Balaban J connectivity index is 1.73. The lowest BCUT2D eigenvalue weighted by Crippen LogP contribution is -2.36. The Hall–Kier alpha value is -2.64. The number of amides is 1. The molecule has 2 aromatic heterocycles. The van der Waals surface area contributed by atoms with Crippen molar-refractivity contribution >= 4 is 17.5 Å². The summed E-state index contributed by atoms with van der Waals surface area (Å²) >= 11 is 0. The molecule has 0 radical (unpaired) electrons. The van der Waals surface area contributed by atoms with Crippen molar-refractivity contribution in [2.24, 2.45) is 0 Å². The average Bonchev–Trinajstić information content (AvgIpc) is 2.98. The molecule has 8 nitrogen and oxygen atoms in total. The Morgan fingerprint density at radius 1 is 1.14 bits per heavy atom.